The average Bonchev–Trinajstić information content (AvgIpc) is 2.59. The first kappa shape index (κ1) is 10.3. The van der Waals surface area contributed by atoms with E-state index in [1.807, 2.05) is 0 Å². The van der Waals surface area contributed by atoms with Crippen LogP contribution >= 0.6 is 0 Å². The molecule has 1 aromatic heterocycles. The van der Waals surface area contributed by atoms with E-state index in [1.54, 1.807) is 23.2 Å². The average molecular weight is 213 g/mol. The fourth-order valence-electron chi connectivity index (χ4n) is 1.68. The van der Waals surface area contributed by atoms with Gasteiger partial charge < -0.3 is 10.6 Å². The van der Waals surface area contributed by atoms with Gasteiger partial charge in [-0.1, -0.05) is 0 Å². The van der Waals surface area contributed by atoms with Crippen molar-refractivity contribution in [2.24, 2.45) is 5.73 Å². The summed E-state index contributed by atoms with van der Waals surface area (Å²) < 4.78 is 25.9. The molecule has 1 aliphatic rings. The highest BCUT2D eigenvalue weighted by molar-refractivity contribution is 5.46. The number of aromatic nitrogens is 1. The molecule has 2 rings (SSSR count). The van der Waals surface area contributed by atoms with Crippen LogP contribution in [0.15, 0.2) is 18.3 Å². The van der Waals surface area contributed by atoms with Crippen molar-refractivity contribution >= 4 is 5.69 Å². The molecule has 3 nitrogen and oxygen atoms in total. The van der Waals surface area contributed by atoms with Crippen molar-refractivity contribution in [1.29, 1.82) is 0 Å². The molecular weight excluding hydrogens is 200 g/mol. The van der Waals surface area contributed by atoms with Crippen LogP contribution in [0.25, 0.3) is 0 Å². The van der Waals surface area contributed by atoms with Crippen LogP contribution in [0.4, 0.5) is 14.5 Å². The SMILES string of the molecule is NCc1ccc(N2CCC(F)(F)C2)cn1. The van der Waals surface area contributed by atoms with E-state index in [0.717, 1.165) is 11.4 Å². The van der Waals surface area contributed by atoms with E-state index < -0.39 is 5.92 Å². The first-order valence-corrected chi connectivity index (χ1v) is 4.88. The minimum atomic E-state index is -2.56. The number of halogens is 2. The van der Waals surface area contributed by atoms with Gasteiger partial charge in [0.15, 0.2) is 0 Å². The quantitative estimate of drug-likeness (QED) is 0.807. The van der Waals surface area contributed by atoms with Crippen LogP contribution < -0.4 is 10.6 Å². The van der Waals surface area contributed by atoms with Crippen molar-refractivity contribution < 1.29 is 8.78 Å². The Labute approximate surface area is 86.9 Å². The van der Waals surface area contributed by atoms with Gasteiger partial charge in [0.1, 0.15) is 0 Å². The van der Waals surface area contributed by atoms with Gasteiger partial charge in [-0.2, -0.15) is 0 Å². The van der Waals surface area contributed by atoms with Gasteiger partial charge in [0.2, 0.25) is 0 Å². The first-order chi connectivity index (χ1) is 7.11. The van der Waals surface area contributed by atoms with E-state index in [1.165, 1.54) is 0 Å². The standard InChI is InChI=1S/C10H13F2N3/c11-10(12)3-4-15(7-10)9-2-1-8(5-13)14-6-9/h1-2,6H,3-5,7,13H2. The Morgan fingerprint density at radius 1 is 1.47 bits per heavy atom. The minimum absolute atomic E-state index is 0.0777. The molecule has 0 radical (unpaired) electrons. The molecule has 82 valence electrons. The lowest BCUT2D eigenvalue weighted by Crippen LogP contribution is -2.24. The van der Waals surface area contributed by atoms with Gasteiger partial charge in [-0.3, -0.25) is 4.98 Å². The zero-order chi connectivity index (χ0) is 10.9. The Hall–Kier alpha value is -1.23. The Kier molecular flexibility index (Phi) is 2.56. The minimum Gasteiger partial charge on any atom is -0.364 e. The van der Waals surface area contributed by atoms with Gasteiger partial charge in [0.25, 0.3) is 5.92 Å². The molecular formula is C10H13F2N3. The maximum atomic E-state index is 12.9. The molecule has 0 aromatic carbocycles. The number of hydrogen-bond donors (Lipinski definition) is 1. The highest BCUT2D eigenvalue weighted by Gasteiger charge is 2.38. The maximum Gasteiger partial charge on any atom is 0.266 e. The summed E-state index contributed by atoms with van der Waals surface area (Å²) >= 11 is 0. The van der Waals surface area contributed by atoms with Crippen LogP contribution in [0.3, 0.4) is 0 Å². The molecule has 2 heterocycles. The summed E-state index contributed by atoms with van der Waals surface area (Å²) in [4.78, 5) is 5.72. The number of alkyl halides is 2. The Balaban J connectivity index is 2.11. The third-order valence-electron chi connectivity index (χ3n) is 2.55. The summed E-state index contributed by atoms with van der Waals surface area (Å²) in [5.41, 5.74) is 6.91. The van der Waals surface area contributed by atoms with Crippen LogP contribution in [0.2, 0.25) is 0 Å². The van der Waals surface area contributed by atoms with Crippen LogP contribution in [-0.4, -0.2) is 24.0 Å². The van der Waals surface area contributed by atoms with E-state index >= 15 is 0 Å². The molecule has 2 N–H and O–H groups in total. The zero-order valence-electron chi connectivity index (χ0n) is 8.29. The fourth-order valence-corrected chi connectivity index (χ4v) is 1.68. The summed E-state index contributed by atoms with van der Waals surface area (Å²) in [6.45, 7) is 0.545. The summed E-state index contributed by atoms with van der Waals surface area (Å²) in [7, 11) is 0. The van der Waals surface area contributed by atoms with E-state index in [0.29, 0.717) is 13.1 Å². The summed E-state index contributed by atoms with van der Waals surface area (Å²) in [5, 5.41) is 0. The lowest BCUT2D eigenvalue weighted by molar-refractivity contribution is 0.0257. The van der Waals surface area contributed by atoms with Crippen molar-refractivity contribution in [1.82, 2.24) is 4.98 Å². The number of nitrogens with zero attached hydrogens (tertiary/aromatic N) is 2. The molecule has 0 spiro atoms. The third kappa shape index (κ3) is 2.23. The van der Waals surface area contributed by atoms with Gasteiger partial charge in [0.05, 0.1) is 24.1 Å². The van der Waals surface area contributed by atoms with Crippen LogP contribution in [-0.2, 0) is 6.54 Å². The number of hydrogen-bond acceptors (Lipinski definition) is 3. The first-order valence-electron chi connectivity index (χ1n) is 4.88. The second-order valence-corrected chi connectivity index (χ2v) is 3.74. The molecule has 0 amide bonds. The number of nitrogens with two attached hydrogens (primary N) is 1. The van der Waals surface area contributed by atoms with Crippen molar-refractivity contribution in [3.8, 4) is 0 Å². The van der Waals surface area contributed by atoms with E-state index in [9.17, 15) is 8.78 Å². The molecule has 5 heteroatoms. The molecule has 0 aliphatic carbocycles. The monoisotopic (exact) mass is 213 g/mol. The molecule has 0 unspecified atom stereocenters. The number of pyridine rings is 1. The lowest BCUT2D eigenvalue weighted by atomic mass is 10.3. The van der Waals surface area contributed by atoms with Crippen LogP contribution in [0.1, 0.15) is 12.1 Å². The van der Waals surface area contributed by atoms with Gasteiger partial charge in [-0.15, -0.1) is 0 Å². The topological polar surface area (TPSA) is 42.1 Å². The van der Waals surface area contributed by atoms with E-state index in [-0.39, 0.29) is 13.0 Å². The van der Waals surface area contributed by atoms with Crippen LogP contribution in [0.5, 0.6) is 0 Å². The zero-order valence-corrected chi connectivity index (χ0v) is 8.29. The predicted molar refractivity (Wildman–Crippen MR) is 53.9 cm³/mol. The second kappa shape index (κ2) is 3.73. The maximum absolute atomic E-state index is 12.9. The highest BCUT2D eigenvalue weighted by atomic mass is 19.3. The fraction of sp³-hybridized carbons (Fsp3) is 0.500. The molecule has 1 aromatic rings. The largest absolute Gasteiger partial charge is 0.364 e. The third-order valence-corrected chi connectivity index (χ3v) is 2.55. The van der Waals surface area contributed by atoms with Crippen molar-refractivity contribution in [3.05, 3.63) is 24.0 Å². The summed E-state index contributed by atoms with van der Waals surface area (Å²) in [5.74, 6) is -2.56. The molecule has 0 atom stereocenters. The normalized spacial score (nSPS) is 19.5. The molecule has 0 saturated carbocycles. The van der Waals surface area contributed by atoms with Crippen molar-refractivity contribution in [2.45, 2.75) is 18.9 Å². The smallest absolute Gasteiger partial charge is 0.266 e. The summed E-state index contributed by atoms with van der Waals surface area (Å²) in [6.07, 6.45) is 1.52. The van der Waals surface area contributed by atoms with Gasteiger partial charge in [-0.25, -0.2) is 8.78 Å². The van der Waals surface area contributed by atoms with E-state index in [2.05, 4.69) is 4.98 Å². The Morgan fingerprint density at radius 3 is 2.73 bits per heavy atom. The molecule has 15 heavy (non-hydrogen) atoms. The van der Waals surface area contributed by atoms with Gasteiger partial charge >= 0.3 is 0 Å². The molecule has 0 bridgehead atoms. The predicted octanol–water partition coefficient (Wildman–Crippen LogP) is 1.39. The number of rotatable bonds is 2. The molecule has 1 aliphatic heterocycles. The second-order valence-electron chi connectivity index (χ2n) is 3.74. The van der Waals surface area contributed by atoms with Gasteiger partial charge in [-0.05, 0) is 12.1 Å². The van der Waals surface area contributed by atoms with Crippen LogP contribution in [0, 0.1) is 0 Å². The highest BCUT2D eigenvalue weighted by Crippen LogP contribution is 2.30. The lowest BCUT2D eigenvalue weighted by Gasteiger charge is -2.17. The van der Waals surface area contributed by atoms with Gasteiger partial charge in [0, 0.05) is 19.5 Å². The Morgan fingerprint density at radius 2 is 2.27 bits per heavy atom. The number of anilines is 1. The molecule has 1 saturated heterocycles. The summed E-state index contributed by atoms with van der Waals surface area (Å²) in [6, 6.07) is 3.56. The van der Waals surface area contributed by atoms with E-state index in [4.69, 9.17) is 5.73 Å². The Bertz CT molecular complexity index is 337. The molecule has 1 fully saturated rings. The van der Waals surface area contributed by atoms with Crippen molar-refractivity contribution in [2.75, 3.05) is 18.0 Å². The van der Waals surface area contributed by atoms with Crippen molar-refractivity contribution in [3.63, 3.8) is 0 Å².